The Labute approximate surface area is 121 Å². The fourth-order valence-electron chi connectivity index (χ4n) is 3.84. The summed E-state index contributed by atoms with van der Waals surface area (Å²) in [5.41, 5.74) is 8.18. The van der Waals surface area contributed by atoms with E-state index < -0.39 is 0 Å². The zero-order valence-electron chi connectivity index (χ0n) is 12.6. The van der Waals surface area contributed by atoms with Gasteiger partial charge in [0.15, 0.2) is 5.82 Å². The number of fused-ring (bicyclic) bond motifs is 1. The molecule has 2 aliphatic rings. The summed E-state index contributed by atoms with van der Waals surface area (Å²) < 4.78 is 6.16. The SMILES string of the molecule is CCOC1(c2nc(N)c3c(n2)CCC3)CCCC(C)C1. The van der Waals surface area contributed by atoms with Crippen molar-refractivity contribution < 1.29 is 4.74 Å². The Hall–Kier alpha value is -1.16. The third kappa shape index (κ3) is 2.30. The first-order valence-electron chi connectivity index (χ1n) is 7.94. The van der Waals surface area contributed by atoms with Crippen LogP contribution in [0.3, 0.4) is 0 Å². The van der Waals surface area contributed by atoms with Crippen molar-refractivity contribution in [3.63, 3.8) is 0 Å². The van der Waals surface area contributed by atoms with Crippen molar-refractivity contribution in [2.45, 2.75) is 64.4 Å². The molecule has 0 aromatic carbocycles. The van der Waals surface area contributed by atoms with Gasteiger partial charge in [-0.1, -0.05) is 13.3 Å². The first kappa shape index (κ1) is 13.8. The molecule has 2 N–H and O–H groups in total. The Morgan fingerprint density at radius 1 is 1.30 bits per heavy atom. The minimum Gasteiger partial charge on any atom is -0.383 e. The number of nitrogen functional groups attached to an aromatic ring is 1. The van der Waals surface area contributed by atoms with E-state index in [1.165, 1.54) is 18.4 Å². The monoisotopic (exact) mass is 275 g/mol. The fraction of sp³-hybridized carbons (Fsp3) is 0.750. The minimum atomic E-state index is -0.307. The molecular formula is C16H25N3O. The van der Waals surface area contributed by atoms with Crippen molar-refractivity contribution in [3.05, 3.63) is 17.1 Å². The summed E-state index contributed by atoms with van der Waals surface area (Å²) in [6.07, 6.45) is 7.70. The van der Waals surface area contributed by atoms with E-state index in [1.54, 1.807) is 0 Å². The number of hydrogen-bond acceptors (Lipinski definition) is 4. The van der Waals surface area contributed by atoms with Gasteiger partial charge in [0.1, 0.15) is 11.4 Å². The molecule has 2 aliphatic carbocycles. The predicted molar refractivity (Wildman–Crippen MR) is 79.4 cm³/mol. The molecule has 1 saturated carbocycles. The van der Waals surface area contributed by atoms with Crippen LogP contribution in [0.15, 0.2) is 0 Å². The summed E-state index contributed by atoms with van der Waals surface area (Å²) in [5.74, 6) is 2.18. The second-order valence-electron chi connectivity index (χ2n) is 6.34. The normalized spacial score (nSPS) is 29.4. The first-order valence-corrected chi connectivity index (χ1v) is 7.94. The summed E-state index contributed by atoms with van der Waals surface area (Å²) in [5, 5.41) is 0. The topological polar surface area (TPSA) is 61.0 Å². The standard InChI is InChI=1S/C16H25N3O/c1-3-20-16(9-5-6-11(2)10-16)15-18-13-8-4-7-12(13)14(17)19-15/h11H,3-10H2,1-2H3,(H2,17,18,19). The number of hydrogen-bond donors (Lipinski definition) is 1. The highest BCUT2D eigenvalue weighted by Gasteiger charge is 2.41. The number of nitrogens with zero attached hydrogens (tertiary/aromatic N) is 2. The summed E-state index contributed by atoms with van der Waals surface area (Å²) in [6.45, 7) is 5.05. The van der Waals surface area contributed by atoms with Crippen molar-refractivity contribution in [3.8, 4) is 0 Å². The third-order valence-corrected chi connectivity index (χ3v) is 4.75. The molecule has 1 aromatic rings. The lowest BCUT2D eigenvalue weighted by Crippen LogP contribution is -2.37. The van der Waals surface area contributed by atoms with Crippen molar-refractivity contribution in [1.82, 2.24) is 9.97 Å². The van der Waals surface area contributed by atoms with Crippen molar-refractivity contribution in [2.75, 3.05) is 12.3 Å². The van der Waals surface area contributed by atoms with Crippen molar-refractivity contribution in [1.29, 1.82) is 0 Å². The lowest BCUT2D eigenvalue weighted by Gasteiger charge is -2.38. The fourth-order valence-corrected chi connectivity index (χ4v) is 3.84. The van der Waals surface area contributed by atoms with Gasteiger partial charge in [-0.3, -0.25) is 0 Å². The predicted octanol–water partition coefficient (Wildman–Crippen LogP) is 2.99. The molecule has 4 heteroatoms. The summed E-state index contributed by atoms with van der Waals surface area (Å²) in [6, 6.07) is 0. The zero-order valence-corrected chi connectivity index (χ0v) is 12.6. The van der Waals surface area contributed by atoms with Gasteiger partial charge < -0.3 is 10.5 Å². The quantitative estimate of drug-likeness (QED) is 0.921. The maximum absolute atomic E-state index is 6.16. The summed E-state index contributed by atoms with van der Waals surface area (Å²) in [4.78, 5) is 9.48. The van der Waals surface area contributed by atoms with Gasteiger partial charge >= 0.3 is 0 Å². The van der Waals surface area contributed by atoms with Crippen LogP contribution in [0.4, 0.5) is 5.82 Å². The Morgan fingerprint density at radius 2 is 2.15 bits per heavy atom. The molecule has 0 radical (unpaired) electrons. The third-order valence-electron chi connectivity index (χ3n) is 4.75. The van der Waals surface area contributed by atoms with Crippen LogP contribution in [0.25, 0.3) is 0 Å². The van der Waals surface area contributed by atoms with E-state index in [4.69, 9.17) is 15.5 Å². The van der Waals surface area contributed by atoms with E-state index in [9.17, 15) is 0 Å². The van der Waals surface area contributed by atoms with Crippen LogP contribution in [0, 0.1) is 5.92 Å². The van der Waals surface area contributed by atoms with Crippen molar-refractivity contribution >= 4 is 5.82 Å². The summed E-state index contributed by atoms with van der Waals surface area (Å²) >= 11 is 0. The van der Waals surface area contributed by atoms with Gasteiger partial charge in [0.2, 0.25) is 0 Å². The largest absolute Gasteiger partial charge is 0.383 e. The van der Waals surface area contributed by atoms with Gasteiger partial charge in [-0.2, -0.15) is 0 Å². The van der Waals surface area contributed by atoms with Crippen LogP contribution in [-0.4, -0.2) is 16.6 Å². The van der Waals surface area contributed by atoms with Crippen LogP contribution in [0.5, 0.6) is 0 Å². The molecule has 20 heavy (non-hydrogen) atoms. The van der Waals surface area contributed by atoms with E-state index in [0.29, 0.717) is 18.3 Å². The minimum absolute atomic E-state index is 0.307. The first-order chi connectivity index (χ1) is 9.64. The van der Waals surface area contributed by atoms with Crippen LogP contribution >= 0.6 is 0 Å². The number of ether oxygens (including phenoxy) is 1. The van der Waals surface area contributed by atoms with E-state index in [2.05, 4.69) is 18.8 Å². The molecule has 0 bridgehead atoms. The zero-order chi connectivity index (χ0) is 14.2. The Bertz CT molecular complexity index is 499. The number of aromatic nitrogens is 2. The van der Waals surface area contributed by atoms with Crippen LogP contribution < -0.4 is 5.73 Å². The maximum Gasteiger partial charge on any atom is 0.162 e. The smallest absolute Gasteiger partial charge is 0.162 e. The molecule has 0 spiro atoms. The Balaban J connectivity index is 2.01. The van der Waals surface area contributed by atoms with Gasteiger partial charge in [0.25, 0.3) is 0 Å². The Kier molecular flexibility index (Phi) is 3.67. The molecule has 0 saturated heterocycles. The second-order valence-corrected chi connectivity index (χ2v) is 6.34. The molecule has 0 aliphatic heterocycles. The second kappa shape index (κ2) is 5.32. The van der Waals surface area contributed by atoms with Gasteiger partial charge in [-0.05, 0) is 51.4 Å². The highest BCUT2D eigenvalue weighted by Crippen LogP contribution is 2.42. The van der Waals surface area contributed by atoms with Gasteiger partial charge in [-0.25, -0.2) is 9.97 Å². The Morgan fingerprint density at radius 3 is 2.90 bits per heavy atom. The number of rotatable bonds is 3. The lowest BCUT2D eigenvalue weighted by molar-refractivity contribution is -0.0881. The maximum atomic E-state index is 6.16. The lowest BCUT2D eigenvalue weighted by atomic mass is 9.78. The van der Waals surface area contributed by atoms with E-state index in [1.807, 2.05) is 0 Å². The molecule has 0 amide bonds. The molecule has 2 atom stereocenters. The van der Waals surface area contributed by atoms with Crippen molar-refractivity contribution in [2.24, 2.45) is 5.92 Å². The molecule has 4 nitrogen and oxygen atoms in total. The van der Waals surface area contributed by atoms with Gasteiger partial charge in [0.05, 0.1) is 0 Å². The van der Waals surface area contributed by atoms with E-state index in [0.717, 1.165) is 43.6 Å². The molecule has 1 heterocycles. The van der Waals surface area contributed by atoms with E-state index in [-0.39, 0.29) is 5.60 Å². The molecule has 3 rings (SSSR count). The average Bonchev–Trinajstić information content (AvgIpc) is 2.88. The van der Waals surface area contributed by atoms with Gasteiger partial charge in [0, 0.05) is 17.9 Å². The molecule has 1 fully saturated rings. The number of nitrogens with two attached hydrogens (primary N) is 1. The summed E-state index contributed by atoms with van der Waals surface area (Å²) in [7, 11) is 0. The van der Waals surface area contributed by atoms with Crippen LogP contribution in [0.1, 0.15) is 63.0 Å². The van der Waals surface area contributed by atoms with Gasteiger partial charge in [-0.15, -0.1) is 0 Å². The number of aryl methyl sites for hydroxylation is 1. The molecule has 110 valence electrons. The highest BCUT2D eigenvalue weighted by atomic mass is 16.5. The molecular weight excluding hydrogens is 250 g/mol. The highest BCUT2D eigenvalue weighted by molar-refractivity contribution is 5.45. The average molecular weight is 275 g/mol. The number of anilines is 1. The van der Waals surface area contributed by atoms with Crippen LogP contribution in [0.2, 0.25) is 0 Å². The molecule has 2 unspecified atom stereocenters. The van der Waals surface area contributed by atoms with E-state index >= 15 is 0 Å². The molecule has 1 aromatic heterocycles. The van der Waals surface area contributed by atoms with Crippen LogP contribution in [-0.2, 0) is 23.2 Å².